The molecular weight excluding hydrogens is 393 g/mol. The zero-order valence-corrected chi connectivity index (χ0v) is 16.0. The second-order valence-electron chi connectivity index (χ2n) is 6.86. The van der Waals surface area contributed by atoms with Crippen molar-refractivity contribution in [3.8, 4) is 0 Å². The van der Waals surface area contributed by atoms with Crippen LogP contribution < -0.4 is 4.90 Å². The number of carboxylic acids is 1. The molecular formula is C18H23F3N4O4. The smallest absolute Gasteiger partial charge is 0.475 e. The number of alkyl halides is 3. The lowest BCUT2D eigenvalue weighted by molar-refractivity contribution is -0.192. The Hall–Kier alpha value is -2.69. The topological polar surface area (TPSA) is 95.9 Å². The second kappa shape index (κ2) is 9.21. The number of morpholine rings is 1. The van der Waals surface area contributed by atoms with Gasteiger partial charge in [-0.05, 0) is 31.9 Å². The molecule has 1 aromatic rings. The molecule has 1 spiro atoms. The molecule has 11 heteroatoms. The summed E-state index contributed by atoms with van der Waals surface area (Å²) in [5, 5.41) is 15.5. The van der Waals surface area contributed by atoms with Gasteiger partial charge in [0.1, 0.15) is 6.61 Å². The molecule has 1 aromatic heterocycles. The molecule has 0 aliphatic carbocycles. The van der Waals surface area contributed by atoms with Gasteiger partial charge in [-0.15, -0.1) is 11.7 Å². The van der Waals surface area contributed by atoms with E-state index in [4.69, 9.17) is 14.6 Å². The number of piperidine rings is 1. The van der Waals surface area contributed by atoms with Gasteiger partial charge < -0.3 is 19.6 Å². The first-order chi connectivity index (χ1) is 13.6. The van der Waals surface area contributed by atoms with E-state index in [2.05, 4.69) is 21.7 Å². The first-order valence-corrected chi connectivity index (χ1v) is 8.94. The normalized spacial score (nSPS) is 18.8. The summed E-state index contributed by atoms with van der Waals surface area (Å²) in [5.74, 6) is -1.79. The molecule has 2 fully saturated rings. The van der Waals surface area contributed by atoms with Gasteiger partial charge in [-0.3, -0.25) is 4.79 Å². The third-order valence-corrected chi connectivity index (χ3v) is 4.71. The highest BCUT2D eigenvalue weighted by atomic mass is 19.4. The molecule has 0 bridgehead atoms. The lowest BCUT2D eigenvalue weighted by atomic mass is 9.89. The molecule has 2 aliphatic rings. The zero-order chi connectivity index (χ0) is 21.7. The number of rotatable bonds is 3. The summed E-state index contributed by atoms with van der Waals surface area (Å²) < 4.78 is 37.6. The predicted octanol–water partition coefficient (Wildman–Crippen LogP) is 1.80. The van der Waals surface area contributed by atoms with Crippen LogP contribution in [0.2, 0.25) is 0 Å². The van der Waals surface area contributed by atoms with Crippen LogP contribution in [0, 0.1) is 6.92 Å². The third-order valence-electron chi connectivity index (χ3n) is 4.71. The largest absolute Gasteiger partial charge is 0.490 e. The highest BCUT2D eigenvalue weighted by Crippen LogP contribution is 2.31. The van der Waals surface area contributed by atoms with Crippen molar-refractivity contribution < 1.29 is 32.6 Å². The van der Waals surface area contributed by atoms with Crippen LogP contribution in [0.5, 0.6) is 0 Å². The Morgan fingerprint density at radius 2 is 1.97 bits per heavy atom. The number of carbonyl (C=O) groups is 2. The molecule has 3 heterocycles. The molecule has 0 saturated carbocycles. The van der Waals surface area contributed by atoms with E-state index in [9.17, 15) is 18.0 Å². The lowest BCUT2D eigenvalue weighted by Gasteiger charge is -2.47. The number of anilines is 1. The van der Waals surface area contributed by atoms with Crippen molar-refractivity contribution in [2.45, 2.75) is 31.5 Å². The van der Waals surface area contributed by atoms with E-state index in [1.807, 2.05) is 24.0 Å². The maximum absolute atomic E-state index is 11.9. The van der Waals surface area contributed by atoms with Gasteiger partial charge in [0.15, 0.2) is 5.82 Å². The van der Waals surface area contributed by atoms with E-state index in [-0.39, 0.29) is 18.1 Å². The van der Waals surface area contributed by atoms with Gasteiger partial charge in [-0.2, -0.15) is 18.3 Å². The van der Waals surface area contributed by atoms with Crippen molar-refractivity contribution in [3.63, 3.8) is 0 Å². The predicted molar refractivity (Wildman–Crippen MR) is 97.4 cm³/mol. The highest BCUT2D eigenvalue weighted by molar-refractivity contribution is 5.78. The summed E-state index contributed by atoms with van der Waals surface area (Å²) in [6.45, 7) is 8.83. The number of halogens is 3. The SMILES string of the molecule is C=CCN1CC2(CCN(c3ccc(C)nn3)CC2)OCC1=O.O=C(O)C(F)(F)F. The van der Waals surface area contributed by atoms with E-state index in [0.29, 0.717) is 13.1 Å². The summed E-state index contributed by atoms with van der Waals surface area (Å²) >= 11 is 0. The van der Waals surface area contributed by atoms with E-state index >= 15 is 0 Å². The molecule has 0 atom stereocenters. The summed E-state index contributed by atoms with van der Waals surface area (Å²) in [6, 6.07) is 3.99. The molecule has 1 N–H and O–H groups in total. The van der Waals surface area contributed by atoms with Crippen LogP contribution in [0.1, 0.15) is 18.5 Å². The Morgan fingerprint density at radius 1 is 1.34 bits per heavy atom. The highest BCUT2D eigenvalue weighted by Gasteiger charge is 2.42. The molecule has 0 radical (unpaired) electrons. The fraction of sp³-hybridized carbons (Fsp3) is 0.556. The molecule has 0 aromatic carbocycles. The van der Waals surface area contributed by atoms with E-state index < -0.39 is 12.1 Å². The minimum absolute atomic E-state index is 0.0531. The quantitative estimate of drug-likeness (QED) is 0.751. The van der Waals surface area contributed by atoms with Gasteiger partial charge in [0.2, 0.25) is 5.91 Å². The minimum atomic E-state index is -5.08. The molecule has 0 unspecified atom stereocenters. The number of hydrogen-bond acceptors (Lipinski definition) is 6. The van der Waals surface area contributed by atoms with Crippen LogP contribution in [-0.4, -0.2) is 76.6 Å². The fourth-order valence-electron chi connectivity index (χ4n) is 3.12. The Balaban J connectivity index is 0.000000370. The van der Waals surface area contributed by atoms with Crippen LogP contribution in [0.3, 0.4) is 0 Å². The van der Waals surface area contributed by atoms with Crippen LogP contribution in [-0.2, 0) is 14.3 Å². The van der Waals surface area contributed by atoms with E-state index in [1.165, 1.54) is 0 Å². The van der Waals surface area contributed by atoms with Crippen LogP contribution >= 0.6 is 0 Å². The van der Waals surface area contributed by atoms with Gasteiger partial charge in [-0.1, -0.05) is 6.08 Å². The number of aryl methyl sites for hydroxylation is 1. The van der Waals surface area contributed by atoms with E-state index in [1.54, 1.807) is 6.08 Å². The van der Waals surface area contributed by atoms with Gasteiger partial charge in [0.05, 0.1) is 17.8 Å². The maximum Gasteiger partial charge on any atom is 0.490 e. The standard InChI is InChI=1S/C16H22N4O2.C2HF3O2/c1-3-8-20-12-16(22-11-15(20)21)6-9-19(10-7-16)14-5-4-13(2)17-18-14;3-2(4,5)1(6)7/h3-5H,1,6-12H2,2H3;(H,6,7). The number of amides is 1. The number of aromatic nitrogens is 2. The average Bonchev–Trinajstić information content (AvgIpc) is 2.66. The average molecular weight is 416 g/mol. The molecule has 3 rings (SSSR count). The summed E-state index contributed by atoms with van der Waals surface area (Å²) in [5.41, 5.74) is 0.706. The Morgan fingerprint density at radius 3 is 2.45 bits per heavy atom. The van der Waals surface area contributed by atoms with Crippen molar-refractivity contribution in [1.29, 1.82) is 0 Å². The Labute approximate surface area is 166 Å². The maximum atomic E-state index is 11.9. The van der Waals surface area contributed by atoms with Crippen LogP contribution in [0.15, 0.2) is 24.8 Å². The van der Waals surface area contributed by atoms with Crippen molar-refractivity contribution in [2.24, 2.45) is 0 Å². The first-order valence-electron chi connectivity index (χ1n) is 8.94. The number of carboxylic acid groups (broad SMARTS) is 1. The summed E-state index contributed by atoms with van der Waals surface area (Å²) in [7, 11) is 0. The molecule has 2 saturated heterocycles. The van der Waals surface area contributed by atoms with Crippen molar-refractivity contribution in [2.75, 3.05) is 37.7 Å². The van der Waals surface area contributed by atoms with E-state index in [0.717, 1.165) is 37.4 Å². The first kappa shape index (κ1) is 22.6. The minimum Gasteiger partial charge on any atom is -0.475 e. The second-order valence-corrected chi connectivity index (χ2v) is 6.86. The van der Waals surface area contributed by atoms with Gasteiger partial charge in [-0.25, -0.2) is 4.79 Å². The number of carbonyl (C=O) groups excluding carboxylic acids is 1. The molecule has 1 amide bonds. The monoisotopic (exact) mass is 416 g/mol. The number of ether oxygens (including phenoxy) is 1. The van der Waals surface area contributed by atoms with Crippen molar-refractivity contribution in [3.05, 3.63) is 30.5 Å². The summed E-state index contributed by atoms with van der Waals surface area (Å²) in [6.07, 6.45) is -1.53. The van der Waals surface area contributed by atoms with Gasteiger partial charge in [0.25, 0.3) is 0 Å². The lowest BCUT2D eigenvalue weighted by Crippen LogP contribution is -2.58. The summed E-state index contributed by atoms with van der Waals surface area (Å²) in [4.78, 5) is 24.8. The number of aliphatic carboxylic acids is 1. The van der Waals surface area contributed by atoms with Gasteiger partial charge >= 0.3 is 12.1 Å². The number of nitrogens with zero attached hydrogens (tertiary/aromatic N) is 4. The van der Waals surface area contributed by atoms with Crippen LogP contribution in [0.25, 0.3) is 0 Å². The van der Waals surface area contributed by atoms with Crippen molar-refractivity contribution >= 4 is 17.7 Å². The third kappa shape index (κ3) is 6.14. The molecule has 160 valence electrons. The molecule has 29 heavy (non-hydrogen) atoms. The van der Waals surface area contributed by atoms with Gasteiger partial charge in [0, 0.05) is 19.6 Å². The Kier molecular flexibility index (Phi) is 7.17. The molecule has 2 aliphatic heterocycles. The molecule has 8 nitrogen and oxygen atoms in total. The fourth-order valence-corrected chi connectivity index (χ4v) is 3.12. The zero-order valence-electron chi connectivity index (χ0n) is 16.0. The Bertz CT molecular complexity index is 732. The van der Waals surface area contributed by atoms with Crippen LogP contribution in [0.4, 0.5) is 19.0 Å². The number of hydrogen-bond donors (Lipinski definition) is 1. The van der Waals surface area contributed by atoms with Crippen molar-refractivity contribution in [1.82, 2.24) is 15.1 Å².